The predicted molar refractivity (Wildman–Crippen MR) is 185 cm³/mol. The molecule has 4 atom stereocenters. The summed E-state index contributed by atoms with van der Waals surface area (Å²) in [6.07, 6.45) is 14.0. The van der Waals surface area contributed by atoms with Crippen LogP contribution < -0.4 is 24.8 Å². The van der Waals surface area contributed by atoms with E-state index in [1.807, 2.05) is 8.85 Å². The average Bonchev–Trinajstić information content (AvgIpc) is 3.48. The van der Waals surface area contributed by atoms with Gasteiger partial charge in [-0.1, -0.05) is 0 Å². The van der Waals surface area contributed by atoms with Gasteiger partial charge in [0.25, 0.3) is 0 Å². The van der Waals surface area contributed by atoms with E-state index in [0.717, 1.165) is 6.42 Å². The van der Waals surface area contributed by atoms with Gasteiger partial charge in [-0.2, -0.15) is 0 Å². The van der Waals surface area contributed by atoms with Crippen molar-refractivity contribution in [3.05, 3.63) is 85.3 Å². The molecule has 0 saturated heterocycles. The maximum absolute atomic E-state index is 2.82. The van der Waals surface area contributed by atoms with Gasteiger partial charge in [-0.15, -0.1) is 0 Å². The van der Waals surface area contributed by atoms with Gasteiger partial charge >= 0.3 is 274 Å². The van der Waals surface area contributed by atoms with Crippen LogP contribution in [0.3, 0.4) is 0 Å². The summed E-state index contributed by atoms with van der Waals surface area (Å²) in [6, 6.07) is 9.41. The predicted octanol–water partition coefficient (Wildman–Crippen LogP) is 5.89. The van der Waals surface area contributed by atoms with Crippen LogP contribution in [0.1, 0.15) is 121 Å². The van der Waals surface area contributed by atoms with Gasteiger partial charge in [-0.05, 0) is 0 Å². The molecule has 5 aliphatic rings. The minimum Gasteiger partial charge on any atom is -1.00 e. The molecule has 1 aromatic rings. The summed E-state index contributed by atoms with van der Waals surface area (Å²) < 4.78 is 3.74. The smallest absolute Gasteiger partial charge is 1.00 e. The maximum atomic E-state index is 2.82. The monoisotopic (exact) mass is 722 g/mol. The Morgan fingerprint density at radius 1 is 0.867 bits per heavy atom. The number of benzene rings is 1. The van der Waals surface area contributed by atoms with Gasteiger partial charge in [0, 0.05) is 0 Å². The minimum atomic E-state index is -2.56. The van der Waals surface area contributed by atoms with Gasteiger partial charge in [0.1, 0.15) is 0 Å². The Balaban J connectivity index is 0.00000230. The fraction of sp³-hybridized carbons (Fsp3) is 0.595. The van der Waals surface area contributed by atoms with E-state index in [9.17, 15) is 0 Å². The Labute approximate surface area is 296 Å². The molecular weight excluding hydrogens is 667 g/mol. The number of halogens is 2. The summed E-state index contributed by atoms with van der Waals surface area (Å²) in [5, 5.41) is 0. The summed E-state index contributed by atoms with van der Waals surface area (Å²) >= 11 is -2.56. The zero-order valence-corrected chi connectivity index (χ0v) is 34.6. The molecule has 1 aromatic carbocycles. The van der Waals surface area contributed by atoms with Crippen LogP contribution in [-0.2, 0) is 27.7 Å². The number of hydrogen-bond acceptors (Lipinski definition) is 0. The van der Waals surface area contributed by atoms with E-state index in [1.165, 1.54) is 18.4 Å². The Morgan fingerprint density at radius 2 is 1.49 bits per heavy atom. The van der Waals surface area contributed by atoms with Crippen molar-refractivity contribution in [2.24, 2.45) is 38.9 Å². The molecule has 0 bridgehead atoms. The Hall–Kier alpha value is -0.747. The normalized spacial score (nSPS) is 31.7. The van der Waals surface area contributed by atoms with Crippen molar-refractivity contribution < 1.29 is 46.1 Å². The molecule has 5 aliphatic carbocycles. The molecule has 4 unspecified atom stereocenters. The van der Waals surface area contributed by atoms with Crippen molar-refractivity contribution in [2.45, 2.75) is 119 Å². The van der Waals surface area contributed by atoms with Gasteiger partial charge in [-0.3, -0.25) is 0 Å². The van der Waals surface area contributed by atoms with Crippen molar-refractivity contribution in [1.82, 2.24) is 0 Å². The van der Waals surface area contributed by atoms with Gasteiger partial charge in [-0.25, -0.2) is 0 Å². The van der Waals surface area contributed by atoms with Crippen LogP contribution >= 0.6 is 0 Å². The van der Waals surface area contributed by atoms with Crippen LogP contribution in [0.4, 0.5) is 0 Å². The topological polar surface area (TPSA) is 0 Å². The molecule has 3 heteroatoms. The second-order valence-electron chi connectivity index (χ2n) is 17.9. The van der Waals surface area contributed by atoms with Crippen molar-refractivity contribution in [2.75, 3.05) is 0 Å². The number of allylic oxidation sites excluding steroid dienone is 10. The molecule has 244 valence electrons. The van der Waals surface area contributed by atoms with E-state index in [1.54, 1.807) is 31.1 Å². The molecular formula is C42H58Cl2Zr. The summed E-state index contributed by atoms with van der Waals surface area (Å²) in [4.78, 5) is 0. The van der Waals surface area contributed by atoms with Gasteiger partial charge in [0.2, 0.25) is 0 Å². The molecule has 0 aliphatic heterocycles. The van der Waals surface area contributed by atoms with Crippen molar-refractivity contribution >= 4 is 8.78 Å². The van der Waals surface area contributed by atoms with E-state index in [-0.39, 0.29) is 55.0 Å². The van der Waals surface area contributed by atoms with Crippen LogP contribution in [0.2, 0.25) is 3.12 Å². The molecule has 1 fully saturated rings. The molecule has 0 aromatic heterocycles. The Kier molecular flexibility index (Phi) is 9.40. The molecule has 1 saturated carbocycles. The number of fused-ring (bicyclic) bond motifs is 6. The van der Waals surface area contributed by atoms with E-state index < -0.39 is 21.3 Å². The first-order valence-electron chi connectivity index (χ1n) is 17.1. The molecule has 45 heavy (non-hydrogen) atoms. The van der Waals surface area contributed by atoms with Gasteiger partial charge in [0.05, 0.1) is 0 Å². The van der Waals surface area contributed by atoms with E-state index in [4.69, 9.17) is 0 Å². The zero-order valence-electron chi connectivity index (χ0n) is 30.7. The fourth-order valence-electron chi connectivity index (χ4n) is 10.9. The van der Waals surface area contributed by atoms with E-state index >= 15 is 0 Å². The maximum Gasteiger partial charge on any atom is -1.00 e. The number of hydrogen-bond donors (Lipinski definition) is 0. The zero-order chi connectivity index (χ0) is 31.7. The molecule has 0 heterocycles. The second kappa shape index (κ2) is 11.4. The number of rotatable bonds is 2. The Bertz CT molecular complexity index is 1610. The molecule has 6 rings (SSSR count). The van der Waals surface area contributed by atoms with Crippen LogP contribution in [0, 0.1) is 38.9 Å². The van der Waals surface area contributed by atoms with Crippen LogP contribution in [0.5, 0.6) is 0 Å². The SMILES string of the molecule is C[C](C)=[Zr+2]([C]1=CC(C(C)(C)C)=CC1C)[C]1(C)C2=C3Cc4ccccc4C3=C3C=CCCC3C2(C)C(C)(C)C(C)(C)C1(C)C.[Cl-].[Cl-]. The first-order chi connectivity index (χ1) is 19.8. The fourth-order valence-corrected chi connectivity index (χ4v) is 22.2. The first-order valence-corrected chi connectivity index (χ1v) is 20.8. The summed E-state index contributed by atoms with van der Waals surface area (Å²) in [7, 11) is 0. The van der Waals surface area contributed by atoms with E-state index in [2.05, 4.69) is 146 Å². The molecule has 0 N–H and O–H groups in total. The first kappa shape index (κ1) is 37.1. The van der Waals surface area contributed by atoms with Crippen LogP contribution in [0.15, 0.2) is 74.1 Å². The average molecular weight is 725 g/mol. The summed E-state index contributed by atoms with van der Waals surface area (Å²) in [5.74, 6) is 1.09. The third kappa shape index (κ3) is 4.55. The minimum absolute atomic E-state index is 0. The molecule has 0 amide bonds. The van der Waals surface area contributed by atoms with Gasteiger partial charge < -0.3 is 24.8 Å². The standard InChI is InChI=1S/C29H37.C10H15.C3H6.2ClH.Zr/c1-18-25-22-17-19-13-9-10-14-20(19)24(22)21-15-11-12-16-23(21)29(25,8)28(6,7)27(4,5)26(18,2)3;1-8-5-6-9(7-8)10(2,3)4;1-3-2;;;/h9-11,13-15,23H,12,16-17H2,1-8H3;6-8H,1-4H3;1-2H3;2*1H;/q;;;;;+2/p-2. The quantitative estimate of drug-likeness (QED) is 0.357. The Morgan fingerprint density at radius 3 is 2.07 bits per heavy atom. The van der Waals surface area contributed by atoms with Crippen LogP contribution in [-0.4, -0.2) is 3.21 Å². The molecule has 0 nitrogen and oxygen atoms in total. The van der Waals surface area contributed by atoms with Crippen molar-refractivity contribution in [3.8, 4) is 0 Å². The third-order valence-electron chi connectivity index (χ3n) is 14.6. The van der Waals surface area contributed by atoms with Crippen molar-refractivity contribution in [1.29, 1.82) is 0 Å². The second-order valence-corrected chi connectivity index (χ2v) is 26.1. The molecule has 0 radical (unpaired) electrons. The third-order valence-corrected chi connectivity index (χ3v) is 24.6. The van der Waals surface area contributed by atoms with E-state index in [0.29, 0.717) is 11.8 Å². The summed E-state index contributed by atoms with van der Waals surface area (Å²) in [6.45, 7) is 36.4. The molecule has 0 spiro atoms. The summed E-state index contributed by atoms with van der Waals surface area (Å²) in [5.41, 5.74) is 12.1. The van der Waals surface area contributed by atoms with Gasteiger partial charge in [0.15, 0.2) is 0 Å². The largest absolute Gasteiger partial charge is 1.00 e. The van der Waals surface area contributed by atoms with Crippen molar-refractivity contribution in [3.63, 3.8) is 0 Å². The van der Waals surface area contributed by atoms with Crippen LogP contribution in [0.25, 0.3) is 5.57 Å².